The minimum absolute atomic E-state index is 0.0447. The van der Waals surface area contributed by atoms with Crippen molar-refractivity contribution in [3.8, 4) is 11.5 Å². The Labute approximate surface area is 193 Å². The number of aromatic hydroxyl groups is 1. The maximum absolute atomic E-state index is 12.6. The van der Waals surface area contributed by atoms with Crippen LogP contribution in [0.3, 0.4) is 0 Å². The predicted molar refractivity (Wildman–Crippen MR) is 125 cm³/mol. The van der Waals surface area contributed by atoms with Crippen LogP contribution in [0.5, 0.6) is 11.5 Å². The number of sulfonamides is 1. The maximum atomic E-state index is 12.6. The summed E-state index contributed by atoms with van der Waals surface area (Å²) in [5, 5.41) is 34.2. The van der Waals surface area contributed by atoms with Gasteiger partial charge in [-0.1, -0.05) is 42.5 Å². The van der Waals surface area contributed by atoms with Gasteiger partial charge in [0, 0.05) is 6.04 Å². The van der Waals surface area contributed by atoms with Crippen molar-refractivity contribution in [2.45, 2.75) is 43.2 Å². The van der Waals surface area contributed by atoms with Crippen LogP contribution in [0.25, 0.3) is 0 Å². The van der Waals surface area contributed by atoms with Crippen LogP contribution in [0.1, 0.15) is 25.5 Å². The zero-order valence-corrected chi connectivity index (χ0v) is 19.1. The number of ether oxygens (including phenoxy) is 1. The number of hydrogen-bond donors (Lipinski definition) is 5. The zero-order valence-electron chi connectivity index (χ0n) is 18.3. The van der Waals surface area contributed by atoms with Crippen LogP contribution in [-0.2, 0) is 10.0 Å². The second kappa shape index (κ2) is 10.7. The summed E-state index contributed by atoms with van der Waals surface area (Å²) in [5.74, 6) is 0.278. The van der Waals surface area contributed by atoms with Crippen LogP contribution >= 0.6 is 0 Å². The fourth-order valence-corrected chi connectivity index (χ4v) is 4.27. The Morgan fingerprint density at radius 2 is 1.48 bits per heavy atom. The third-order valence-corrected chi connectivity index (χ3v) is 6.39. The Kier molecular flexibility index (Phi) is 7.93. The molecular weight excluding hydrogens is 444 g/mol. The lowest BCUT2D eigenvalue weighted by molar-refractivity contribution is 0.00439. The molecule has 0 amide bonds. The highest BCUT2D eigenvalue weighted by atomic mass is 32.2. The Hall–Kier alpha value is -3.11. The SMILES string of the molecule is CC(O)C(NC(C)[C@H](O)c1ccc(O)c(NS(=O)(=O)c2ccccc2)c1)Oc1ccccc1. The number of aliphatic hydroxyl groups is 2. The highest BCUT2D eigenvalue weighted by molar-refractivity contribution is 7.92. The molecule has 0 aliphatic rings. The molecule has 0 aromatic heterocycles. The molecule has 3 rings (SSSR count). The van der Waals surface area contributed by atoms with Crippen molar-refractivity contribution < 1.29 is 28.5 Å². The van der Waals surface area contributed by atoms with E-state index in [1.165, 1.54) is 30.3 Å². The molecule has 176 valence electrons. The fraction of sp³-hybridized carbons (Fsp3) is 0.250. The number of benzene rings is 3. The van der Waals surface area contributed by atoms with E-state index in [1.54, 1.807) is 56.3 Å². The van der Waals surface area contributed by atoms with Gasteiger partial charge in [0.25, 0.3) is 10.0 Å². The first-order valence-corrected chi connectivity index (χ1v) is 11.9. The maximum Gasteiger partial charge on any atom is 0.262 e. The van der Waals surface area contributed by atoms with Gasteiger partial charge in [0.1, 0.15) is 17.6 Å². The molecule has 0 saturated heterocycles. The highest BCUT2D eigenvalue weighted by Crippen LogP contribution is 2.30. The molecule has 3 aromatic rings. The van der Waals surface area contributed by atoms with Crippen molar-refractivity contribution >= 4 is 15.7 Å². The van der Waals surface area contributed by atoms with Crippen LogP contribution < -0.4 is 14.8 Å². The van der Waals surface area contributed by atoms with Crippen molar-refractivity contribution in [2.75, 3.05) is 4.72 Å². The van der Waals surface area contributed by atoms with Gasteiger partial charge in [-0.15, -0.1) is 0 Å². The lowest BCUT2D eigenvalue weighted by Crippen LogP contribution is -2.49. The summed E-state index contributed by atoms with van der Waals surface area (Å²) in [6, 6.07) is 20.3. The normalized spacial score (nSPS) is 15.3. The average molecular weight is 473 g/mol. The minimum Gasteiger partial charge on any atom is -0.506 e. The van der Waals surface area contributed by atoms with Gasteiger partial charge in [0.2, 0.25) is 0 Å². The molecule has 0 heterocycles. The van der Waals surface area contributed by atoms with E-state index in [0.29, 0.717) is 11.3 Å². The van der Waals surface area contributed by atoms with Crippen molar-refractivity contribution in [2.24, 2.45) is 0 Å². The second-order valence-electron chi connectivity index (χ2n) is 7.69. The lowest BCUT2D eigenvalue weighted by atomic mass is 10.0. The van der Waals surface area contributed by atoms with Crippen LogP contribution in [0.2, 0.25) is 0 Å². The molecule has 9 heteroatoms. The summed E-state index contributed by atoms with van der Waals surface area (Å²) in [7, 11) is -3.92. The van der Waals surface area contributed by atoms with E-state index in [9.17, 15) is 23.7 Å². The molecule has 33 heavy (non-hydrogen) atoms. The van der Waals surface area contributed by atoms with E-state index in [1.807, 2.05) is 6.07 Å². The lowest BCUT2D eigenvalue weighted by Gasteiger charge is -2.29. The zero-order chi connectivity index (χ0) is 24.0. The summed E-state index contributed by atoms with van der Waals surface area (Å²) >= 11 is 0. The van der Waals surface area contributed by atoms with Crippen LogP contribution in [0.15, 0.2) is 83.8 Å². The smallest absolute Gasteiger partial charge is 0.262 e. The molecular formula is C24H28N2O6S. The summed E-state index contributed by atoms with van der Waals surface area (Å²) in [4.78, 5) is 0.0447. The molecule has 5 N–H and O–H groups in total. The standard InChI is InChI=1S/C24H28N2O6S/c1-16(25-24(17(2)27)32-19-9-5-3-6-10-19)23(29)18-13-14-22(28)21(15-18)26-33(30,31)20-11-7-4-8-12-20/h3-17,23-29H,1-2H3/t16?,17?,23-,24?/m0/s1. The summed E-state index contributed by atoms with van der Waals surface area (Å²) in [5.41, 5.74) is 0.304. The number of phenolic OH excluding ortho intramolecular Hbond substituents is 1. The summed E-state index contributed by atoms with van der Waals surface area (Å²) in [6.07, 6.45) is -2.77. The molecule has 3 unspecified atom stereocenters. The van der Waals surface area contributed by atoms with Gasteiger partial charge in [-0.25, -0.2) is 8.42 Å². The van der Waals surface area contributed by atoms with E-state index in [4.69, 9.17) is 4.74 Å². The third kappa shape index (κ3) is 6.45. The molecule has 8 nitrogen and oxygen atoms in total. The molecule has 0 fully saturated rings. The monoisotopic (exact) mass is 472 g/mol. The number of phenols is 1. The van der Waals surface area contributed by atoms with Crippen molar-refractivity contribution in [1.29, 1.82) is 0 Å². The predicted octanol–water partition coefficient (Wildman–Crippen LogP) is 2.99. The second-order valence-corrected chi connectivity index (χ2v) is 9.37. The van der Waals surface area contributed by atoms with Crippen molar-refractivity contribution in [1.82, 2.24) is 5.32 Å². The first kappa shape index (κ1) is 24.5. The Morgan fingerprint density at radius 3 is 2.09 bits per heavy atom. The fourth-order valence-electron chi connectivity index (χ4n) is 3.18. The van der Waals surface area contributed by atoms with E-state index < -0.39 is 34.5 Å². The molecule has 0 spiro atoms. The molecule has 0 radical (unpaired) electrons. The minimum atomic E-state index is -3.92. The Bertz CT molecular complexity index is 1140. The van der Waals surface area contributed by atoms with Crippen LogP contribution in [-0.4, -0.2) is 42.1 Å². The first-order chi connectivity index (χ1) is 15.7. The van der Waals surface area contributed by atoms with E-state index in [0.717, 1.165) is 0 Å². The van der Waals surface area contributed by atoms with Gasteiger partial charge in [-0.05, 0) is 55.8 Å². The molecule has 4 atom stereocenters. The van der Waals surface area contributed by atoms with Gasteiger partial charge >= 0.3 is 0 Å². The number of hydrogen-bond acceptors (Lipinski definition) is 7. The number of rotatable bonds is 10. The van der Waals surface area contributed by atoms with Gasteiger partial charge in [0.15, 0.2) is 6.23 Å². The Balaban J connectivity index is 1.75. The molecule has 0 bridgehead atoms. The topological polar surface area (TPSA) is 128 Å². The van der Waals surface area contributed by atoms with Crippen LogP contribution in [0, 0.1) is 0 Å². The van der Waals surface area contributed by atoms with Gasteiger partial charge in [-0.2, -0.15) is 0 Å². The average Bonchev–Trinajstić information content (AvgIpc) is 2.80. The number of para-hydroxylation sites is 1. The number of nitrogens with one attached hydrogen (secondary N) is 2. The van der Waals surface area contributed by atoms with Gasteiger partial charge in [-0.3, -0.25) is 10.0 Å². The highest BCUT2D eigenvalue weighted by Gasteiger charge is 2.25. The number of anilines is 1. The Morgan fingerprint density at radius 1 is 0.879 bits per heavy atom. The largest absolute Gasteiger partial charge is 0.506 e. The third-order valence-electron chi connectivity index (χ3n) is 5.01. The van der Waals surface area contributed by atoms with E-state index >= 15 is 0 Å². The number of aliphatic hydroxyl groups excluding tert-OH is 2. The molecule has 0 aliphatic carbocycles. The summed E-state index contributed by atoms with van der Waals surface area (Å²) < 4.78 is 33.4. The quantitative estimate of drug-likeness (QED) is 0.227. The van der Waals surface area contributed by atoms with Crippen LogP contribution in [0.4, 0.5) is 5.69 Å². The molecule has 3 aromatic carbocycles. The van der Waals surface area contributed by atoms with Crippen molar-refractivity contribution in [3.63, 3.8) is 0 Å². The van der Waals surface area contributed by atoms with Crippen molar-refractivity contribution in [3.05, 3.63) is 84.4 Å². The van der Waals surface area contributed by atoms with Gasteiger partial charge < -0.3 is 20.1 Å². The van der Waals surface area contributed by atoms with E-state index in [2.05, 4.69) is 10.0 Å². The summed E-state index contributed by atoms with van der Waals surface area (Å²) in [6.45, 7) is 3.27. The molecule has 0 saturated carbocycles. The van der Waals surface area contributed by atoms with E-state index in [-0.39, 0.29) is 16.3 Å². The first-order valence-electron chi connectivity index (χ1n) is 10.4. The van der Waals surface area contributed by atoms with Gasteiger partial charge in [0.05, 0.1) is 16.7 Å². The molecule has 0 aliphatic heterocycles.